The fourth-order valence-electron chi connectivity index (χ4n) is 6.60. The Hall–Kier alpha value is -3.78. The first-order valence-corrected chi connectivity index (χ1v) is 17.9. The molecule has 3 N–H and O–H groups in total. The van der Waals surface area contributed by atoms with Gasteiger partial charge in [0.1, 0.15) is 5.02 Å². The molecule has 234 valence electrons. The van der Waals surface area contributed by atoms with E-state index >= 15 is 0 Å². The van der Waals surface area contributed by atoms with Crippen molar-refractivity contribution in [3.05, 3.63) is 72.5 Å². The van der Waals surface area contributed by atoms with Crippen molar-refractivity contribution in [3.63, 3.8) is 0 Å². The quantitative estimate of drug-likeness (QED) is 0.133. The molecule has 1 saturated carbocycles. The van der Waals surface area contributed by atoms with E-state index in [1.54, 1.807) is 6.20 Å². The van der Waals surface area contributed by atoms with E-state index in [1.807, 2.05) is 36.5 Å². The third-order valence-electron chi connectivity index (χ3n) is 9.13. The van der Waals surface area contributed by atoms with Crippen LogP contribution in [0.25, 0.3) is 10.9 Å². The number of nitrogens with zero attached hydrogens (tertiary/aromatic N) is 5. The number of hydrogen-bond acceptors (Lipinski definition) is 8. The molecule has 1 saturated heterocycles. The van der Waals surface area contributed by atoms with Crippen LogP contribution in [0.15, 0.2) is 67.5 Å². The Morgan fingerprint density at radius 1 is 1.09 bits per heavy atom. The van der Waals surface area contributed by atoms with Crippen molar-refractivity contribution in [2.45, 2.75) is 31.7 Å². The Kier molecular flexibility index (Phi) is 8.96. The minimum absolute atomic E-state index is 0.253. The lowest BCUT2D eigenvalue weighted by molar-refractivity contribution is -0.111. The largest absolute Gasteiger partial charge is 0.370 e. The second-order valence-corrected chi connectivity index (χ2v) is 15.1. The number of halogens is 1. The highest BCUT2D eigenvalue weighted by Gasteiger charge is 2.46. The summed E-state index contributed by atoms with van der Waals surface area (Å²) in [5.41, 5.74) is 4.83. The first-order chi connectivity index (χ1) is 21.6. The van der Waals surface area contributed by atoms with Crippen LogP contribution in [0.1, 0.15) is 25.7 Å². The third kappa shape index (κ3) is 6.62. The monoisotopic (exact) mass is 642 g/mol. The number of amides is 1. The van der Waals surface area contributed by atoms with Gasteiger partial charge >= 0.3 is 0 Å². The number of nitrogens with one attached hydrogen (secondary N) is 3. The van der Waals surface area contributed by atoms with Crippen molar-refractivity contribution < 1.29 is 4.79 Å². The van der Waals surface area contributed by atoms with E-state index in [4.69, 9.17) is 16.6 Å². The summed E-state index contributed by atoms with van der Waals surface area (Å²) in [4.78, 5) is 30.8. The van der Waals surface area contributed by atoms with Gasteiger partial charge < -0.3 is 25.8 Å². The molecular formula is C34H40ClN8OP. The Labute approximate surface area is 271 Å². The maximum atomic E-state index is 12.4. The van der Waals surface area contributed by atoms with E-state index in [1.165, 1.54) is 24.2 Å². The number of anilines is 6. The summed E-state index contributed by atoms with van der Waals surface area (Å²) in [6, 6.07) is 14.8. The normalized spacial score (nSPS) is 16.2. The molecule has 6 rings (SSSR count). The summed E-state index contributed by atoms with van der Waals surface area (Å²) in [7, 11) is 3.90. The molecule has 3 heterocycles. The molecule has 1 aliphatic heterocycles. The Bertz CT molecular complexity index is 1730. The maximum Gasteiger partial charge on any atom is 0.247 e. The topological polar surface area (TPSA) is 98.3 Å². The molecule has 2 aromatic carbocycles. The molecule has 11 heteroatoms. The lowest BCUT2D eigenvalue weighted by Crippen LogP contribution is -2.53. The molecule has 0 atom stereocenters. The van der Waals surface area contributed by atoms with E-state index in [9.17, 15) is 4.79 Å². The standard InChI is InChI=1S/C34H40ClN8OP/c1-6-30(44)39-28-18-22(9-12-29(28)43-16-13-34(14-17-43)19-23(20-34)42(2)3)38-33-37-21-25(35)32(41-33)40-27-11-10-26-24(8-7-15-36-26)31(27)45(4)5/h6-12,15,18,21,23H,1,13-14,16-17,19-20H2,2-5H3,(H,39,44)(H2,37,38,40,41). The number of hydrogen-bond donors (Lipinski definition) is 3. The van der Waals surface area contributed by atoms with Crippen molar-refractivity contribution in [2.75, 3.05) is 61.4 Å². The van der Waals surface area contributed by atoms with Gasteiger partial charge in [0.2, 0.25) is 11.9 Å². The molecule has 45 heavy (non-hydrogen) atoms. The van der Waals surface area contributed by atoms with E-state index < -0.39 is 7.92 Å². The molecule has 0 radical (unpaired) electrons. The van der Waals surface area contributed by atoms with E-state index in [0.29, 0.717) is 28.2 Å². The van der Waals surface area contributed by atoms with Crippen molar-refractivity contribution >= 4 is 76.2 Å². The molecule has 1 aliphatic carbocycles. The van der Waals surface area contributed by atoms with E-state index in [-0.39, 0.29) is 5.91 Å². The van der Waals surface area contributed by atoms with Gasteiger partial charge in [-0.2, -0.15) is 4.98 Å². The number of carbonyl (C=O) groups is 1. The van der Waals surface area contributed by atoms with Crippen molar-refractivity contribution in [1.82, 2.24) is 19.9 Å². The second-order valence-electron chi connectivity index (χ2n) is 12.5. The minimum Gasteiger partial charge on any atom is -0.370 e. The first kappa shape index (κ1) is 31.2. The Morgan fingerprint density at radius 3 is 2.58 bits per heavy atom. The van der Waals surface area contributed by atoms with Gasteiger partial charge in [0, 0.05) is 47.4 Å². The summed E-state index contributed by atoms with van der Waals surface area (Å²) in [6.07, 6.45) is 9.55. The highest BCUT2D eigenvalue weighted by molar-refractivity contribution is 7.65. The lowest BCUT2D eigenvalue weighted by atomic mass is 9.60. The number of carbonyl (C=O) groups excluding carboxylic acids is 1. The van der Waals surface area contributed by atoms with Crippen molar-refractivity contribution in [2.24, 2.45) is 5.41 Å². The van der Waals surface area contributed by atoms with Gasteiger partial charge in [0.05, 0.1) is 23.1 Å². The van der Waals surface area contributed by atoms with Crippen LogP contribution in [0, 0.1) is 5.41 Å². The molecule has 1 spiro atoms. The fraction of sp³-hybridized carbons (Fsp3) is 0.353. The highest BCUT2D eigenvalue weighted by atomic mass is 35.5. The smallest absolute Gasteiger partial charge is 0.247 e. The van der Waals surface area contributed by atoms with Crippen LogP contribution in [0.2, 0.25) is 5.02 Å². The number of fused-ring (bicyclic) bond motifs is 1. The molecule has 1 amide bonds. The SMILES string of the molecule is C=CC(=O)Nc1cc(Nc2ncc(Cl)c(Nc3ccc4ncccc4c3P(C)C)n2)ccc1N1CCC2(CC1)CC(N(C)C)C2. The molecule has 0 unspecified atom stereocenters. The minimum atomic E-state index is -0.451. The number of benzene rings is 2. The predicted octanol–water partition coefficient (Wildman–Crippen LogP) is 6.97. The summed E-state index contributed by atoms with van der Waals surface area (Å²) < 4.78 is 0. The number of rotatable bonds is 9. The van der Waals surface area contributed by atoms with Crippen molar-refractivity contribution in [1.29, 1.82) is 0 Å². The average Bonchev–Trinajstić information content (AvgIpc) is 3.01. The number of piperidine rings is 1. The van der Waals surface area contributed by atoms with Crippen LogP contribution in [0.5, 0.6) is 0 Å². The molecule has 9 nitrogen and oxygen atoms in total. The summed E-state index contributed by atoms with van der Waals surface area (Å²) >= 11 is 6.58. The van der Waals surface area contributed by atoms with Crippen LogP contribution in [-0.2, 0) is 4.79 Å². The van der Waals surface area contributed by atoms with Crippen LogP contribution in [-0.4, -0.2) is 72.3 Å². The zero-order valence-electron chi connectivity index (χ0n) is 26.3. The number of pyridine rings is 1. The van der Waals surface area contributed by atoms with E-state index in [2.05, 4.69) is 81.9 Å². The van der Waals surface area contributed by atoms with Gasteiger partial charge in [0.15, 0.2) is 5.82 Å². The van der Waals surface area contributed by atoms with Gasteiger partial charge in [-0.25, -0.2) is 4.98 Å². The van der Waals surface area contributed by atoms with Gasteiger partial charge in [-0.15, -0.1) is 0 Å². The fourth-order valence-corrected chi connectivity index (χ4v) is 8.02. The van der Waals surface area contributed by atoms with Crippen LogP contribution in [0.4, 0.5) is 34.5 Å². The molecular weight excluding hydrogens is 603 g/mol. The summed E-state index contributed by atoms with van der Waals surface area (Å²) in [6.45, 7) is 10.0. The summed E-state index contributed by atoms with van der Waals surface area (Å²) in [5.74, 6) is 0.634. The van der Waals surface area contributed by atoms with Gasteiger partial charge in [-0.3, -0.25) is 9.78 Å². The zero-order chi connectivity index (χ0) is 31.7. The Morgan fingerprint density at radius 2 is 1.87 bits per heavy atom. The van der Waals surface area contributed by atoms with Gasteiger partial charge in [-0.05, 0) is 101 Å². The first-order valence-electron chi connectivity index (χ1n) is 15.3. The lowest BCUT2D eigenvalue weighted by Gasteiger charge is -2.54. The predicted molar refractivity (Wildman–Crippen MR) is 190 cm³/mol. The van der Waals surface area contributed by atoms with Crippen LogP contribution < -0.4 is 26.2 Å². The molecule has 0 bridgehead atoms. The van der Waals surface area contributed by atoms with Crippen molar-refractivity contribution in [3.8, 4) is 0 Å². The average molecular weight is 643 g/mol. The molecule has 2 fully saturated rings. The van der Waals surface area contributed by atoms with Crippen LogP contribution in [0.3, 0.4) is 0 Å². The molecule has 2 aliphatic rings. The maximum absolute atomic E-state index is 12.4. The highest BCUT2D eigenvalue weighted by Crippen LogP contribution is 2.51. The number of aromatic nitrogens is 3. The summed E-state index contributed by atoms with van der Waals surface area (Å²) in [5, 5.41) is 12.5. The van der Waals surface area contributed by atoms with Crippen LogP contribution >= 0.6 is 19.5 Å². The second kappa shape index (κ2) is 12.9. The third-order valence-corrected chi connectivity index (χ3v) is 10.8. The van der Waals surface area contributed by atoms with Gasteiger partial charge in [-0.1, -0.05) is 32.2 Å². The Balaban J connectivity index is 1.22. The van der Waals surface area contributed by atoms with E-state index in [0.717, 1.165) is 59.6 Å². The van der Waals surface area contributed by atoms with Gasteiger partial charge in [0.25, 0.3) is 0 Å². The molecule has 2 aromatic heterocycles. The molecule has 4 aromatic rings. The zero-order valence-corrected chi connectivity index (χ0v) is 27.9.